The molecule has 0 saturated carbocycles. The molecule has 10 heavy (non-hydrogen) atoms. The summed E-state index contributed by atoms with van der Waals surface area (Å²) in [5.41, 5.74) is 1.32. The average Bonchev–Trinajstić information content (AvgIpc) is 1.87. The molecule has 0 heterocycles. The van der Waals surface area contributed by atoms with Crippen molar-refractivity contribution in [3.05, 3.63) is 23.8 Å². The predicted octanol–water partition coefficient (Wildman–Crippen LogP) is 2.92. The van der Waals surface area contributed by atoms with E-state index in [1.807, 2.05) is 6.08 Å². The molecular weight excluding hydrogens is 120 g/mol. The molecule has 0 spiro atoms. The van der Waals surface area contributed by atoms with Crippen LogP contribution in [0.2, 0.25) is 0 Å². The topological polar surface area (TPSA) is 0 Å². The minimum Gasteiger partial charge on any atom is -0.120 e. The van der Waals surface area contributed by atoms with E-state index in [1.54, 1.807) is 0 Å². The Morgan fingerprint density at radius 1 is 1.50 bits per heavy atom. The molecule has 0 amide bonds. The minimum absolute atomic E-state index is 0.840. The molecule has 0 radical (unpaired) electrons. The van der Waals surface area contributed by atoms with Crippen LogP contribution in [0.25, 0.3) is 0 Å². The van der Waals surface area contributed by atoms with Crippen molar-refractivity contribution in [1.82, 2.24) is 0 Å². The molecule has 54 valence electrons. The number of hydrogen-bond donors (Lipinski definition) is 0. The monoisotopic (exact) mass is 134 g/mol. The van der Waals surface area contributed by atoms with Crippen molar-refractivity contribution in [1.29, 1.82) is 0 Å². The fourth-order valence-corrected chi connectivity index (χ4v) is 0.523. The number of terminal acetylenes is 1. The molecule has 0 N–H and O–H groups in total. The standard InChI is InChI=1S/C10H14/c1-4-5-6-7-8-9-10(2)3/h1,7-9H,5-6H2,2-3H3/b8-7-. The largest absolute Gasteiger partial charge is 0.120 e. The maximum atomic E-state index is 5.07. The van der Waals surface area contributed by atoms with Gasteiger partial charge < -0.3 is 0 Å². The van der Waals surface area contributed by atoms with Crippen molar-refractivity contribution < 1.29 is 0 Å². The van der Waals surface area contributed by atoms with Crippen LogP contribution in [-0.4, -0.2) is 0 Å². The second-order valence-electron chi connectivity index (χ2n) is 2.41. The van der Waals surface area contributed by atoms with E-state index in [-0.39, 0.29) is 0 Å². The lowest BCUT2D eigenvalue weighted by atomic mass is 10.2. The van der Waals surface area contributed by atoms with Gasteiger partial charge >= 0.3 is 0 Å². The van der Waals surface area contributed by atoms with Gasteiger partial charge in [0.1, 0.15) is 0 Å². The van der Waals surface area contributed by atoms with Crippen LogP contribution in [0.15, 0.2) is 23.8 Å². The highest BCUT2D eigenvalue weighted by molar-refractivity contribution is 5.08. The second kappa shape index (κ2) is 6.16. The van der Waals surface area contributed by atoms with Crippen molar-refractivity contribution in [2.45, 2.75) is 26.7 Å². The molecule has 0 aromatic rings. The van der Waals surface area contributed by atoms with E-state index in [1.165, 1.54) is 5.57 Å². The summed E-state index contributed by atoms with van der Waals surface area (Å²) >= 11 is 0. The maximum absolute atomic E-state index is 5.07. The van der Waals surface area contributed by atoms with Gasteiger partial charge in [-0.25, -0.2) is 0 Å². The summed E-state index contributed by atoms with van der Waals surface area (Å²) in [6.45, 7) is 4.15. The summed E-state index contributed by atoms with van der Waals surface area (Å²) in [5, 5.41) is 0. The lowest BCUT2D eigenvalue weighted by Gasteiger charge is -1.82. The van der Waals surface area contributed by atoms with Crippen LogP contribution in [0.3, 0.4) is 0 Å². The Bertz CT molecular complexity index is 161. The first-order chi connectivity index (χ1) is 4.77. The normalized spacial score (nSPS) is 9.30. The highest BCUT2D eigenvalue weighted by Crippen LogP contribution is 1.92. The van der Waals surface area contributed by atoms with Gasteiger partial charge in [-0.1, -0.05) is 23.8 Å². The second-order valence-corrected chi connectivity index (χ2v) is 2.41. The third-order valence-corrected chi connectivity index (χ3v) is 1.02. The van der Waals surface area contributed by atoms with Gasteiger partial charge in [0, 0.05) is 6.42 Å². The van der Waals surface area contributed by atoms with E-state index in [9.17, 15) is 0 Å². The van der Waals surface area contributed by atoms with E-state index in [2.05, 4.69) is 31.9 Å². The number of allylic oxidation sites excluding steroid dienone is 4. The van der Waals surface area contributed by atoms with Gasteiger partial charge in [0.25, 0.3) is 0 Å². The average molecular weight is 134 g/mol. The van der Waals surface area contributed by atoms with Gasteiger partial charge in [0.2, 0.25) is 0 Å². The Morgan fingerprint density at radius 2 is 2.20 bits per heavy atom. The molecule has 0 aliphatic rings. The van der Waals surface area contributed by atoms with E-state index in [0.717, 1.165) is 12.8 Å². The smallest absolute Gasteiger partial charge is 0.0121 e. The summed E-state index contributed by atoms with van der Waals surface area (Å²) in [6, 6.07) is 0. The highest BCUT2D eigenvalue weighted by Gasteiger charge is 1.73. The lowest BCUT2D eigenvalue weighted by Crippen LogP contribution is -1.63. The molecular formula is C10H14. The zero-order valence-electron chi connectivity index (χ0n) is 6.72. The van der Waals surface area contributed by atoms with Crippen LogP contribution in [0.5, 0.6) is 0 Å². The predicted molar refractivity (Wildman–Crippen MR) is 46.6 cm³/mol. The fraction of sp³-hybridized carbons (Fsp3) is 0.400. The molecule has 0 aliphatic heterocycles. The fourth-order valence-electron chi connectivity index (χ4n) is 0.523. The van der Waals surface area contributed by atoms with Crippen molar-refractivity contribution in [3.63, 3.8) is 0 Å². The Morgan fingerprint density at radius 3 is 2.70 bits per heavy atom. The van der Waals surface area contributed by atoms with Crippen LogP contribution in [-0.2, 0) is 0 Å². The van der Waals surface area contributed by atoms with Gasteiger partial charge in [0.05, 0.1) is 0 Å². The number of hydrogen-bond acceptors (Lipinski definition) is 0. The van der Waals surface area contributed by atoms with Crippen LogP contribution in [0.4, 0.5) is 0 Å². The molecule has 0 saturated heterocycles. The molecule has 0 aliphatic carbocycles. The zero-order chi connectivity index (χ0) is 7.82. The first-order valence-corrected chi connectivity index (χ1v) is 3.51. The molecule has 0 bridgehead atoms. The summed E-state index contributed by atoms with van der Waals surface area (Å²) in [4.78, 5) is 0. The van der Waals surface area contributed by atoms with Gasteiger partial charge in [-0.15, -0.1) is 12.3 Å². The SMILES string of the molecule is C#CCC/C=C\C=C(C)C. The van der Waals surface area contributed by atoms with Gasteiger partial charge in [-0.05, 0) is 20.3 Å². The van der Waals surface area contributed by atoms with Crippen LogP contribution in [0.1, 0.15) is 26.7 Å². The van der Waals surface area contributed by atoms with Crippen molar-refractivity contribution >= 4 is 0 Å². The zero-order valence-corrected chi connectivity index (χ0v) is 6.72. The number of rotatable bonds is 3. The first-order valence-electron chi connectivity index (χ1n) is 3.51. The summed E-state index contributed by atoms with van der Waals surface area (Å²) < 4.78 is 0. The van der Waals surface area contributed by atoms with Crippen molar-refractivity contribution in [2.24, 2.45) is 0 Å². The molecule has 0 aromatic heterocycles. The van der Waals surface area contributed by atoms with Crippen LogP contribution < -0.4 is 0 Å². The molecule has 0 nitrogen and oxygen atoms in total. The number of unbranched alkanes of at least 4 members (excludes halogenated alkanes) is 1. The molecule has 0 fully saturated rings. The van der Waals surface area contributed by atoms with Crippen molar-refractivity contribution in [3.8, 4) is 12.3 Å². The van der Waals surface area contributed by atoms with Crippen LogP contribution >= 0.6 is 0 Å². The Labute approximate surface area is 63.6 Å². The summed E-state index contributed by atoms with van der Waals surface area (Å²) in [5.74, 6) is 2.58. The minimum atomic E-state index is 0.840. The van der Waals surface area contributed by atoms with E-state index >= 15 is 0 Å². The summed E-state index contributed by atoms with van der Waals surface area (Å²) in [6.07, 6.45) is 13.1. The Hall–Kier alpha value is -0.960. The van der Waals surface area contributed by atoms with Gasteiger partial charge in [0.15, 0.2) is 0 Å². The molecule has 0 heteroatoms. The molecule has 0 aromatic carbocycles. The third-order valence-electron chi connectivity index (χ3n) is 1.02. The van der Waals surface area contributed by atoms with E-state index < -0.39 is 0 Å². The Balaban J connectivity index is 3.40. The third kappa shape index (κ3) is 7.04. The lowest BCUT2D eigenvalue weighted by molar-refractivity contribution is 1.09. The molecule has 0 unspecified atom stereocenters. The van der Waals surface area contributed by atoms with Gasteiger partial charge in [-0.3, -0.25) is 0 Å². The molecule has 0 rings (SSSR count). The van der Waals surface area contributed by atoms with E-state index in [0.29, 0.717) is 0 Å². The van der Waals surface area contributed by atoms with E-state index in [4.69, 9.17) is 6.42 Å². The molecule has 0 atom stereocenters. The van der Waals surface area contributed by atoms with Crippen LogP contribution in [0, 0.1) is 12.3 Å². The maximum Gasteiger partial charge on any atom is 0.0121 e. The first kappa shape index (κ1) is 9.04. The summed E-state index contributed by atoms with van der Waals surface area (Å²) in [7, 11) is 0. The van der Waals surface area contributed by atoms with Gasteiger partial charge in [-0.2, -0.15) is 0 Å². The quantitative estimate of drug-likeness (QED) is 0.316. The highest BCUT2D eigenvalue weighted by atomic mass is 13.8. The van der Waals surface area contributed by atoms with Crippen molar-refractivity contribution in [2.75, 3.05) is 0 Å². The Kier molecular flexibility index (Phi) is 5.57.